The van der Waals surface area contributed by atoms with Gasteiger partial charge < -0.3 is 19.3 Å². The van der Waals surface area contributed by atoms with Crippen LogP contribution in [0.5, 0.6) is 5.75 Å². The van der Waals surface area contributed by atoms with E-state index in [4.69, 9.17) is 21.1 Å². The lowest BCUT2D eigenvalue weighted by atomic mass is 9.81. The van der Waals surface area contributed by atoms with E-state index >= 15 is 0 Å². The molecule has 3 aliphatic rings. The van der Waals surface area contributed by atoms with Crippen LogP contribution in [0.1, 0.15) is 59.3 Å². The largest absolute Gasteiger partial charge is 0.489 e. The topological polar surface area (TPSA) is 67.8 Å². The third-order valence-corrected chi connectivity index (χ3v) is 5.96. The highest BCUT2D eigenvalue weighted by Crippen LogP contribution is 2.40. The molecule has 4 heterocycles. The summed E-state index contributed by atoms with van der Waals surface area (Å²) in [5, 5.41) is 8.73. The number of carbonyl (C=O) groups excluding carboxylic acids is 1. The van der Waals surface area contributed by atoms with Crippen LogP contribution in [0.15, 0.2) is 6.07 Å². The van der Waals surface area contributed by atoms with Gasteiger partial charge in [0.15, 0.2) is 16.7 Å². The van der Waals surface area contributed by atoms with E-state index < -0.39 is 5.60 Å². The second-order valence-electron chi connectivity index (χ2n) is 9.00. The van der Waals surface area contributed by atoms with Gasteiger partial charge in [0, 0.05) is 30.7 Å². The van der Waals surface area contributed by atoms with Gasteiger partial charge in [-0.1, -0.05) is 11.6 Å². The van der Waals surface area contributed by atoms with Gasteiger partial charge in [0.2, 0.25) is 0 Å². The number of hydrogen-bond acceptors (Lipinski definition) is 6. The van der Waals surface area contributed by atoms with Gasteiger partial charge >= 0.3 is 6.09 Å². The minimum Gasteiger partial charge on any atom is -0.489 e. The lowest BCUT2D eigenvalue weighted by molar-refractivity contribution is -0.0216. The van der Waals surface area contributed by atoms with Crippen LogP contribution >= 0.6 is 11.6 Å². The first-order valence-corrected chi connectivity index (χ1v) is 10.6. The smallest absolute Gasteiger partial charge is 0.410 e. The highest BCUT2D eigenvalue weighted by Gasteiger charge is 2.44. The first-order chi connectivity index (χ1) is 13.3. The standard InChI is InChI=1S/C20H29ClN4O3/c1-20(2,3)28-19(26)25-13-6-4-7-14(25)11-15(10-13)24-8-5-9-27-16-12-17(21)22-23-18(16)24/h12-15H,4-11H2,1-3H3/t13-,14+,15?. The van der Waals surface area contributed by atoms with Crippen LogP contribution in [0.4, 0.5) is 10.6 Å². The van der Waals surface area contributed by atoms with Crippen LogP contribution in [-0.4, -0.2) is 58.1 Å². The molecule has 8 heteroatoms. The molecule has 0 radical (unpaired) electrons. The van der Waals surface area contributed by atoms with Crippen LogP contribution in [-0.2, 0) is 4.74 Å². The van der Waals surface area contributed by atoms with E-state index in [1.165, 1.54) is 0 Å². The fourth-order valence-corrected chi connectivity index (χ4v) is 4.89. The lowest BCUT2D eigenvalue weighted by Gasteiger charge is -2.50. The van der Waals surface area contributed by atoms with Crippen molar-refractivity contribution in [3.05, 3.63) is 11.2 Å². The quantitative estimate of drug-likeness (QED) is 0.698. The molecule has 1 aromatic heterocycles. The Morgan fingerprint density at radius 1 is 1.18 bits per heavy atom. The maximum absolute atomic E-state index is 12.8. The highest BCUT2D eigenvalue weighted by molar-refractivity contribution is 6.29. The van der Waals surface area contributed by atoms with Gasteiger partial charge in [-0.05, 0) is 59.3 Å². The van der Waals surface area contributed by atoms with E-state index in [2.05, 4.69) is 15.1 Å². The first kappa shape index (κ1) is 19.6. The number of fused-ring (bicyclic) bond motifs is 3. The van der Waals surface area contributed by atoms with Crippen molar-refractivity contribution in [1.29, 1.82) is 0 Å². The number of piperidine rings is 2. The zero-order chi connectivity index (χ0) is 19.9. The number of anilines is 1. The maximum atomic E-state index is 12.8. The Hall–Kier alpha value is -1.76. The van der Waals surface area contributed by atoms with Crippen LogP contribution in [0.3, 0.4) is 0 Å². The first-order valence-electron chi connectivity index (χ1n) is 10.3. The summed E-state index contributed by atoms with van der Waals surface area (Å²) >= 11 is 6.02. The van der Waals surface area contributed by atoms with Crippen molar-refractivity contribution < 1.29 is 14.3 Å². The Balaban J connectivity index is 1.55. The fraction of sp³-hybridized carbons (Fsp3) is 0.750. The summed E-state index contributed by atoms with van der Waals surface area (Å²) in [6.45, 7) is 7.29. The molecule has 7 nitrogen and oxygen atoms in total. The summed E-state index contributed by atoms with van der Waals surface area (Å²) in [6.07, 6.45) is 5.79. The Labute approximate surface area is 171 Å². The fourth-order valence-electron chi connectivity index (χ4n) is 4.75. The maximum Gasteiger partial charge on any atom is 0.410 e. The van der Waals surface area contributed by atoms with Crippen molar-refractivity contribution in [2.24, 2.45) is 0 Å². The minimum absolute atomic E-state index is 0.174. The predicted molar refractivity (Wildman–Crippen MR) is 107 cm³/mol. The number of carbonyl (C=O) groups is 1. The molecule has 1 aromatic rings. The molecule has 0 aliphatic carbocycles. The molecule has 0 spiro atoms. The molecule has 3 atom stereocenters. The van der Waals surface area contributed by atoms with Crippen LogP contribution in [0.25, 0.3) is 0 Å². The van der Waals surface area contributed by atoms with Crippen molar-refractivity contribution in [2.75, 3.05) is 18.1 Å². The van der Waals surface area contributed by atoms with Gasteiger partial charge in [0.25, 0.3) is 0 Å². The van der Waals surface area contributed by atoms with Crippen LogP contribution in [0.2, 0.25) is 5.15 Å². The number of aromatic nitrogens is 2. The van der Waals surface area contributed by atoms with Crippen molar-refractivity contribution in [3.8, 4) is 5.75 Å². The molecule has 0 saturated carbocycles. The summed E-state index contributed by atoms with van der Waals surface area (Å²) in [7, 11) is 0. The predicted octanol–water partition coefficient (Wildman–Crippen LogP) is 4.04. The second-order valence-corrected chi connectivity index (χ2v) is 9.39. The lowest BCUT2D eigenvalue weighted by Crippen LogP contribution is -2.59. The average molecular weight is 409 g/mol. The molecule has 154 valence electrons. The SMILES string of the molecule is CC(C)(C)OC(=O)N1[C@@H]2CCC[C@H]1CC(N1CCCOc3cc(Cl)nnc31)C2. The number of ether oxygens (including phenoxy) is 2. The van der Waals surface area contributed by atoms with E-state index in [0.717, 1.165) is 50.9 Å². The van der Waals surface area contributed by atoms with Gasteiger partial charge in [0.1, 0.15) is 5.60 Å². The zero-order valence-electron chi connectivity index (χ0n) is 16.9. The molecule has 0 N–H and O–H groups in total. The minimum atomic E-state index is -0.474. The molecule has 1 unspecified atom stereocenters. The van der Waals surface area contributed by atoms with Gasteiger partial charge in [-0.15, -0.1) is 10.2 Å². The Morgan fingerprint density at radius 3 is 2.57 bits per heavy atom. The number of halogens is 1. The molecule has 1 amide bonds. The Bertz CT molecular complexity index is 725. The van der Waals surface area contributed by atoms with Crippen molar-refractivity contribution in [3.63, 3.8) is 0 Å². The molecule has 2 saturated heterocycles. The Morgan fingerprint density at radius 2 is 1.89 bits per heavy atom. The van der Waals surface area contributed by atoms with E-state index in [-0.39, 0.29) is 18.2 Å². The molecule has 2 fully saturated rings. The highest BCUT2D eigenvalue weighted by atomic mass is 35.5. The van der Waals surface area contributed by atoms with Gasteiger partial charge in [-0.2, -0.15) is 0 Å². The summed E-state index contributed by atoms with van der Waals surface area (Å²) < 4.78 is 11.5. The molecular weight excluding hydrogens is 380 g/mol. The van der Waals surface area contributed by atoms with Gasteiger partial charge in [0.05, 0.1) is 6.61 Å². The van der Waals surface area contributed by atoms with E-state index in [9.17, 15) is 4.79 Å². The van der Waals surface area contributed by atoms with Gasteiger partial charge in [-0.25, -0.2) is 4.79 Å². The van der Waals surface area contributed by atoms with Crippen molar-refractivity contribution >= 4 is 23.5 Å². The third-order valence-electron chi connectivity index (χ3n) is 5.78. The van der Waals surface area contributed by atoms with E-state index in [1.54, 1.807) is 6.07 Å². The molecule has 4 rings (SSSR count). The van der Waals surface area contributed by atoms with E-state index in [0.29, 0.717) is 23.6 Å². The number of nitrogens with zero attached hydrogens (tertiary/aromatic N) is 4. The average Bonchev–Trinajstić information content (AvgIpc) is 2.81. The molecule has 28 heavy (non-hydrogen) atoms. The molecule has 3 aliphatic heterocycles. The summed E-state index contributed by atoms with van der Waals surface area (Å²) in [5.74, 6) is 1.48. The second kappa shape index (κ2) is 7.58. The van der Waals surface area contributed by atoms with Crippen molar-refractivity contribution in [2.45, 2.75) is 83.0 Å². The molecule has 0 aromatic carbocycles. The third kappa shape index (κ3) is 4.00. The zero-order valence-corrected chi connectivity index (χ0v) is 17.6. The summed E-state index contributed by atoms with van der Waals surface area (Å²) in [4.78, 5) is 17.2. The summed E-state index contributed by atoms with van der Waals surface area (Å²) in [5.41, 5.74) is -0.474. The van der Waals surface area contributed by atoms with Crippen molar-refractivity contribution in [1.82, 2.24) is 15.1 Å². The summed E-state index contributed by atoms with van der Waals surface area (Å²) in [6, 6.07) is 2.48. The number of rotatable bonds is 1. The van der Waals surface area contributed by atoms with E-state index in [1.807, 2.05) is 25.7 Å². The number of amides is 1. The monoisotopic (exact) mass is 408 g/mol. The van der Waals surface area contributed by atoms with Crippen LogP contribution < -0.4 is 9.64 Å². The molecular formula is C20H29ClN4O3. The molecule has 2 bridgehead atoms. The number of hydrogen-bond donors (Lipinski definition) is 0. The van der Waals surface area contributed by atoms with Crippen LogP contribution in [0, 0.1) is 0 Å². The van der Waals surface area contributed by atoms with Gasteiger partial charge in [-0.3, -0.25) is 0 Å². The Kier molecular flexibility index (Phi) is 5.29. The normalized spacial score (nSPS) is 27.5.